The quantitative estimate of drug-likeness (QED) is 0.0701. The zero-order valence-electron chi connectivity index (χ0n) is 26.6. The van der Waals surface area contributed by atoms with E-state index in [0.717, 1.165) is 0 Å². The Labute approximate surface area is 276 Å². The lowest BCUT2D eigenvalue weighted by Gasteiger charge is -2.25. The summed E-state index contributed by atoms with van der Waals surface area (Å²) in [5.41, 5.74) is 22.8. The molecule has 15 N–H and O–H groups in total. The van der Waals surface area contributed by atoms with E-state index >= 15 is 0 Å². The summed E-state index contributed by atoms with van der Waals surface area (Å²) in [5, 5.41) is 24.8. The highest BCUT2D eigenvalue weighted by atomic mass is 16.3. The molecule has 1 aliphatic rings. The van der Waals surface area contributed by atoms with Crippen molar-refractivity contribution in [3.8, 4) is 0 Å². The van der Waals surface area contributed by atoms with Gasteiger partial charge in [0, 0.05) is 25.9 Å². The maximum atomic E-state index is 13.5. The number of carbonyl (C=O) groups is 7. The third-order valence-corrected chi connectivity index (χ3v) is 7.17. The molecule has 19 heteroatoms. The standard InChI is InChI=1S/C29H45N11O8/c1-15(41)23-28(48)37-18(24(31)44)9-10-21(42)35-13-17(30)25(45)38-19(8-5-11-34-29(32)33)27(47)39-20(12-16-6-3-2-4-7-16)26(46)36-14-22(43)40-23/h2-4,6-7,15,17-20,23,41H,5,8-14,30H2,1H3,(H2,31,44)(H,35,42)(H,36,46)(H,37,48)(H,38,45)(H,39,47)(H,40,43)(H4,32,33,34)/t15-,17+,18+,19+,20+,23?/m1/s1. The number of hydrogen-bond acceptors (Lipinski definition) is 10. The number of nitrogens with two attached hydrogens (primary N) is 4. The van der Waals surface area contributed by atoms with Gasteiger partial charge in [-0.3, -0.25) is 38.6 Å². The number of carbonyl (C=O) groups excluding carboxylic acids is 7. The Morgan fingerprint density at radius 2 is 1.54 bits per heavy atom. The second-order valence-electron chi connectivity index (χ2n) is 11.2. The van der Waals surface area contributed by atoms with Crippen molar-refractivity contribution in [1.82, 2.24) is 31.9 Å². The first-order chi connectivity index (χ1) is 22.7. The smallest absolute Gasteiger partial charge is 0.245 e. The zero-order valence-corrected chi connectivity index (χ0v) is 26.6. The van der Waals surface area contributed by atoms with Gasteiger partial charge in [-0.05, 0) is 31.7 Å². The van der Waals surface area contributed by atoms with Gasteiger partial charge in [0.15, 0.2) is 5.96 Å². The molecule has 1 fully saturated rings. The van der Waals surface area contributed by atoms with Crippen LogP contribution in [0.2, 0.25) is 0 Å². The number of aliphatic imine (C=N–C) groups is 1. The highest BCUT2D eigenvalue weighted by molar-refractivity contribution is 5.96. The molecule has 7 amide bonds. The summed E-state index contributed by atoms with van der Waals surface area (Å²) in [4.78, 5) is 93.9. The Hall–Kier alpha value is -5.30. The zero-order chi connectivity index (χ0) is 35.8. The highest BCUT2D eigenvalue weighted by Crippen LogP contribution is 2.07. The topological polar surface area (TPSA) is 328 Å². The monoisotopic (exact) mass is 675 g/mol. The van der Waals surface area contributed by atoms with Crippen LogP contribution in [0.1, 0.15) is 38.2 Å². The molecule has 0 spiro atoms. The number of rotatable bonds is 8. The van der Waals surface area contributed by atoms with Gasteiger partial charge < -0.3 is 59.9 Å². The highest BCUT2D eigenvalue weighted by Gasteiger charge is 2.31. The van der Waals surface area contributed by atoms with E-state index in [9.17, 15) is 38.7 Å². The average Bonchev–Trinajstić information content (AvgIpc) is 3.03. The number of benzene rings is 1. The average molecular weight is 676 g/mol. The van der Waals surface area contributed by atoms with Crippen molar-refractivity contribution in [2.75, 3.05) is 19.6 Å². The molecule has 48 heavy (non-hydrogen) atoms. The molecule has 1 heterocycles. The van der Waals surface area contributed by atoms with Crippen molar-refractivity contribution in [1.29, 1.82) is 0 Å². The molecule has 2 rings (SSSR count). The van der Waals surface area contributed by atoms with Crippen molar-refractivity contribution >= 4 is 47.3 Å². The molecule has 0 aromatic heterocycles. The van der Waals surface area contributed by atoms with Gasteiger partial charge in [-0.15, -0.1) is 0 Å². The molecule has 1 saturated heterocycles. The van der Waals surface area contributed by atoms with Crippen LogP contribution in [0.4, 0.5) is 0 Å². The summed E-state index contributed by atoms with van der Waals surface area (Å²) in [7, 11) is 0. The van der Waals surface area contributed by atoms with Crippen LogP contribution in [0.25, 0.3) is 0 Å². The summed E-state index contributed by atoms with van der Waals surface area (Å²) < 4.78 is 0. The predicted molar refractivity (Wildman–Crippen MR) is 172 cm³/mol. The Morgan fingerprint density at radius 1 is 0.875 bits per heavy atom. The molecule has 0 bridgehead atoms. The minimum Gasteiger partial charge on any atom is -0.391 e. The molecule has 19 nitrogen and oxygen atoms in total. The van der Waals surface area contributed by atoms with Crippen molar-refractivity contribution in [2.24, 2.45) is 27.9 Å². The molecular weight excluding hydrogens is 630 g/mol. The largest absolute Gasteiger partial charge is 0.391 e. The van der Waals surface area contributed by atoms with Gasteiger partial charge in [0.1, 0.15) is 30.2 Å². The SMILES string of the molecule is C[C@@H](O)C1NC(=O)CNC(=O)[C@H](Cc2ccccc2)NC(=O)[C@H](CCCN=C(N)N)NC(=O)[C@@H](N)CNC(=O)CC[C@@H](C(N)=O)NC1=O. The van der Waals surface area contributed by atoms with Gasteiger partial charge in [0.05, 0.1) is 12.6 Å². The van der Waals surface area contributed by atoms with E-state index in [1.165, 1.54) is 6.92 Å². The van der Waals surface area contributed by atoms with Gasteiger partial charge >= 0.3 is 0 Å². The molecule has 1 unspecified atom stereocenters. The predicted octanol–water partition coefficient (Wildman–Crippen LogP) is -5.56. The molecule has 1 aromatic rings. The van der Waals surface area contributed by atoms with Gasteiger partial charge in [0.2, 0.25) is 41.4 Å². The van der Waals surface area contributed by atoms with E-state index in [0.29, 0.717) is 5.56 Å². The third-order valence-electron chi connectivity index (χ3n) is 7.17. The van der Waals surface area contributed by atoms with Gasteiger partial charge in [0.25, 0.3) is 0 Å². The minimum atomic E-state index is -1.56. The first-order valence-corrected chi connectivity index (χ1v) is 15.2. The fraction of sp³-hybridized carbons (Fsp3) is 0.517. The van der Waals surface area contributed by atoms with E-state index in [1.54, 1.807) is 30.3 Å². The maximum absolute atomic E-state index is 13.5. The molecule has 0 aliphatic carbocycles. The van der Waals surface area contributed by atoms with Crippen LogP contribution in [-0.2, 0) is 40.0 Å². The lowest BCUT2D eigenvalue weighted by molar-refractivity contribution is -0.134. The van der Waals surface area contributed by atoms with Crippen LogP contribution in [0.15, 0.2) is 35.3 Å². The molecule has 264 valence electrons. The van der Waals surface area contributed by atoms with E-state index in [4.69, 9.17) is 22.9 Å². The summed E-state index contributed by atoms with van der Waals surface area (Å²) in [6, 6.07) is 1.98. The first-order valence-electron chi connectivity index (χ1n) is 15.2. The summed E-state index contributed by atoms with van der Waals surface area (Å²) in [5.74, 6) is -5.96. The number of amides is 7. The molecule has 6 atom stereocenters. The molecule has 1 aromatic carbocycles. The minimum absolute atomic E-state index is 0.00649. The number of hydrogen-bond donors (Lipinski definition) is 11. The lowest BCUT2D eigenvalue weighted by atomic mass is 10.0. The van der Waals surface area contributed by atoms with Gasteiger partial charge in [-0.2, -0.15) is 0 Å². The normalized spacial score (nSPS) is 24.6. The Balaban J connectivity index is 2.40. The van der Waals surface area contributed by atoms with E-state index in [1.807, 2.05) is 0 Å². The van der Waals surface area contributed by atoms with Gasteiger partial charge in [-0.1, -0.05) is 30.3 Å². The lowest BCUT2D eigenvalue weighted by Crippen LogP contribution is -2.59. The van der Waals surface area contributed by atoms with E-state index < -0.39 is 84.2 Å². The third kappa shape index (κ3) is 13.6. The van der Waals surface area contributed by atoms with Gasteiger partial charge in [-0.25, -0.2) is 0 Å². The summed E-state index contributed by atoms with van der Waals surface area (Å²) in [6.07, 6.45) is -1.75. The fourth-order valence-corrected chi connectivity index (χ4v) is 4.53. The number of guanidine groups is 1. The second kappa shape index (κ2) is 19.4. The Morgan fingerprint density at radius 3 is 2.17 bits per heavy atom. The van der Waals surface area contributed by atoms with Crippen LogP contribution < -0.4 is 54.8 Å². The number of nitrogens with zero attached hydrogens (tertiary/aromatic N) is 1. The number of primary amides is 1. The number of aliphatic hydroxyl groups excluding tert-OH is 1. The van der Waals surface area contributed by atoms with Crippen molar-refractivity contribution in [3.05, 3.63) is 35.9 Å². The number of aliphatic hydroxyl groups is 1. The molecule has 0 saturated carbocycles. The first kappa shape index (κ1) is 38.9. The van der Waals surface area contributed by atoms with E-state index in [-0.39, 0.29) is 51.2 Å². The van der Waals surface area contributed by atoms with Crippen LogP contribution in [0.5, 0.6) is 0 Å². The maximum Gasteiger partial charge on any atom is 0.245 e. The van der Waals surface area contributed by atoms with Crippen LogP contribution >= 0.6 is 0 Å². The fourth-order valence-electron chi connectivity index (χ4n) is 4.53. The van der Waals surface area contributed by atoms with Crippen LogP contribution in [0, 0.1) is 0 Å². The summed E-state index contributed by atoms with van der Waals surface area (Å²) in [6.45, 7) is 0.332. The van der Waals surface area contributed by atoms with Crippen LogP contribution in [-0.4, -0.2) is 108 Å². The number of nitrogens with one attached hydrogen (secondary N) is 6. The van der Waals surface area contributed by atoms with E-state index in [2.05, 4.69) is 36.9 Å². The van der Waals surface area contributed by atoms with Crippen molar-refractivity contribution in [2.45, 2.75) is 75.3 Å². The molecule has 1 aliphatic heterocycles. The Kier molecular flexibility index (Phi) is 15.7. The molecule has 0 radical (unpaired) electrons. The second-order valence-corrected chi connectivity index (χ2v) is 11.2. The van der Waals surface area contributed by atoms with Crippen molar-refractivity contribution in [3.63, 3.8) is 0 Å². The summed E-state index contributed by atoms with van der Waals surface area (Å²) >= 11 is 0. The Bertz CT molecular complexity index is 1340. The van der Waals surface area contributed by atoms with Crippen LogP contribution in [0.3, 0.4) is 0 Å². The molecular formula is C29H45N11O8. The van der Waals surface area contributed by atoms with Crippen molar-refractivity contribution < 1.29 is 38.7 Å².